The summed E-state index contributed by atoms with van der Waals surface area (Å²) in [5, 5.41) is 3.39. The van der Waals surface area contributed by atoms with E-state index in [1.54, 1.807) is 0 Å². The highest BCUT2D eigenvalue weighted by Crippen LogP contribution is 2.32. The van der Waals surface area contributed by atoms with Gasteiger partial charge in [-0.3, -0.25) is 0 Å². The van der Waals surface area contributed by atoms with Crippen molar-refractivity contribution in [1.29, 1.82) is 0 Å². The Labute approximate surface area is 148 Å². The molecule has 0 fully saturated rings. The van der Waals surface area contributed by atoms with E-state index in [1.165, 1.54) is 0 Å². The molecule has 0 aliphatic carbocycles. The smallest absolute Gasteiger partial charge is 0.231 e. The second kappa shape index (κ2) is 6.71. The minimum Gasteiger partial charge on any atom is -0.460 e. The Bertz CT molecular complexity index is 842. The van der Waals surface area contributed by atoms with Crippen molar-refractivity contribution in [2.24, 2.45) is 0 Å². The van der Waals surface area contributed by atoms with Crippen LogP contribution in [0.5, 0.6) is 11.5 Å². The van der Waals surface area contributed by atoms with Crippen LogP contribution in [0.3, 0.4) is 0 Å². The van der Waals surface area contributed by atoms with E-state index in [4.69, 9.17) is 13.9 Å². The first kappa shape index (κ1) is 15.3. The van der Waals surface area contributed by atoms with Crippen LogP contribution in [0.4, 0.5) is 0 Å². The summed E-state index contributed by atoms with van der Waals surface area (Å²) >= 11 is 3.44. The van der Waals surface area contributed by atoms with Gasteiger partial charge in [-0.25, -0.2) is 0 Å². The summed E-state index contributed by atoms with van der Waals surface area (Å²) in [5.41, 5.74) is 2.22. The fourth-order valence-electron chi connectivity index (χ4n) is 2.62. The molecular formula is C19H16BrNO3. The quantitative estimate of drug-likeness (QED) is 0.689. The lowest BCUT2D eigenvalue weighted by molar-refractivity contribution is 0.174. The number of hydrogen-bond donors (Lipinski definition) is 1. The zero-order valence-corrected chi connectivity index (χ0v) is 14.5. The molecule has 5 heteroatoms. The highest BCUT2D eigenvalue weighted by atomic mass is 79.9. The van der Waals surface area contributed by atoms with Crippen LogP contribution in [0.15, 0.2) is 63.5 Å². The third kappa shape index (κ3) is 3.32. The summed E-state index contributed by atoms with van der Waals surface area (Å²) in [6.45, 7) is 1.72. The minimum absolute atomic E-state index is 0.303. The van der Waals surface area contributed by atoms with Crippen LogP contribution in [-0.2, 0) is 13.1 Å². The summed E-state index contributed by atoms with van der Waals surface area (Å²) in [6.07, 6.45) is 0. The Kier molecular flexibility index (Phi) is 4.28. The van der Waals surface area contributed by atoms with Gasteiger partial charge in [-0.15, -0.1) is 0 Å². The lowest BCUT2D eigenvalue weighted by atomic mass is 10.2. The van der Waals surface area contributed by atoms with E-state index < -0.39 is 0 Å². The molecule has 0 saturated carbocycles. The van der Waals surface area contributed by atoms with Crippen LogP contribution >= 0.6 is 15.9 Å². The molecule has 122 valence electrons. The summed E-state index contributed by atoms with van der Waals surface area (Å²) < 4.78 is 17.7. The number of rotatable bonds is 5. The Hall–Kier alpha value is -2.24. The topological polar surface area (TPSA) is 43.6 Å². The molecule has 1 aromatic heterocycles. The molecule has 1 N–H and O–H groups in total. The van der Waals surface area contributed by atoms with Gasteiger partial charge < -0.3 is 19.2 Å². The van der Waals surface area contributed by atoms with E-state index in [0.29, 0.717) is 13.3 Å². The highest BCUT2D eigenvalue weighted by molar-refractivity contribution is 9.10. The van der Waals surface area contributed by atoms with Gasteiger partial charge in [-0.05, 0) is 42.0 Å². The second-order valence-corrected chi connectivity index (χ2v) is 6.48. The van der Waals surface area contributed by atoms with Crippen LogP contribution in [-0.4, -0.2) is 6.79 Å². The SMILES string of the molecule is Brc1ccc(-c2ccc(CNCc3ccc4c(c3)OCO4)o2)cc1. The average molecular weight is 386 g/mol. The predicted octanol–water partition coefficient (Wildman–Crippen LogP) is 4.73. The fourth-order valence-corrected chi connectivity index (χ4v) is 2.89. The fraction of sp³-hybridized carbons (Fsp3) is 0.158. The predicted molar refractivity (Wildman–Crippen MR) is 95.0 cm³/mol. The van der Waals surface area contributed by atoms with Crippen molar-refractivity contribution >= 4 is 15.9 Å². The van der Waals surface area contributed by atoms with Gasteiger partial charge in [0, 0.05) is 16.6 Å². The molecule has 2 aromatic carbocycles. The normalized spacial score (nSPS) is 12.5. The van der Waals surface area contributed by atoms with Crippen LogP contribution < -0.4 is 14.8 Å². The number of nitrogens with one attached hydrogen (secondary N) is 1. The van der Waals surface area contributed by atoms with Crippen molar-refractivity contribution in [2.75, 3.05) is 6.79 Å². The van der Waals surface area contributed by atoms with Crippen molar-refractivity contribution in [2.45, 2.75) is 13.1 Å². The molecule has 0 unspecified atom stereocenters. The van der Waals surface area contributed by atoms with Crippen molar-refractivity contribution in [3.05, 3.63) is 70.4 Å². The maximum atomic E-state index is 5.90. The van der Waals surface area contributed by atoms with E-state index >= 15 is 0 Å². The number of halogens is 1. The minimum atomic E-state index is 0.303. The Morgan fingerprint density at radius 3 is 2.58 bits per heavy atom. The van der Waals surface area contributed by atoms with Crippen molar-refractivity contribution in [3.63, 3.8) is 0 Å². The summed E-state index contributed by atoms with van der Waals surface area (Å²) in [5.74, 6) is 3.41. The Balaban J connectivity index is 1.36. The first-order chi connectivity index (χ1) is 11.8. The number of ether oxygens (including phenoxy) is 2. The lowest BCUT2D eigenvalue weighted by Gasteiger charge is -2.04. The van der Waals surface area contributed by atoms with Crippen LogP contribution in [0.2, 0.25) is 0 Å². The first-order valence-corrected chi connectivity index (χ1v) is 8.51. The number of furan rings is 1. The van der Waals surface area contributed by atoms with Gasteiger partial charge in [0.2, 0.25) is 6.79 Å². The van der Waals surface area contributed by atoms with E-state index in [9.17, 15) is 0 Å². The Morgan fingerprint density at radius 1 is 0.875 bits per heavy atom. The van der Waals surface area contributed by atoms with Crippen molar-refractivity contribution in [3.8, 4) is 22.8 Å². The van der Waals surface area contributed by atoms with Crippen LogP contribution in [0, 0.1) is 0 Å². The molecular weight excluding hydrogens is 370 g/mol. The molecule has 4 rings (SSSR count). The van der Waals surface area contributed by atoms with Gasteiger partial charge in [0.05, 0.1) is 6.54 Å². The van der Waals surface area contributed by atoms with E-state index in [2.05, 4.69) is 21.2 Å². The van der Waals surface area contributed by atoms with E-state index in [0.717, 1.165) is 45.2 Å². The summed E-state index contributed by atoms with van der Waals surface area (Å²) in [7, 11) is 0. The van der Waals surface area contributed by atoms with Crippen LogP contribution in [0.1, 0.15) is 11.3 Å². The van der Waals surface area contributed by atoms with Gasteiger partial charge in [0.25, 0.3) is 0 Å². The molecule has 1 aliphatic heterocycles. The molecule has 2 heterocycles. The van der Waals surface area contributed by atoms with Gasteiger partial charge in [-0.2, -0.15) is 0 Å². The van der Waals surface area contributed by atoms with Gasteiger partial charge in [-0.1, -0.05) is 34.1 Å². The van der Waals surface area contributed by atoms with Crippen molar-refractivity contribution in [1.82, 2.24) is 5.32 Å². The molecule has 0 spiro atoms. The lowest BCUT2D eigenvalue weighted by Crippen LogP contribution is -2.11. The second-order valence-electron chi connectivity index (χ2n) is 5.56. The molecule has 1 aliphatic rings. The van der Waals surface area contributed by atoms with Crippen LogP contribution in [0.25, 0.3) is 11.3 Å². The zero-order valence-electron chi connectivity index (χ0n) is 12.9. The number of fused-ring (bicyclic) bond motifs is 1. The third-order valence-electron chi connectivity index (χ3n) is 3.86. The molecule has 0 radical (unpaired) electrons. The van der Waals surface area contributed by atoms with E-state index in [1.807, 2.05) is 54.6 Å². The third-order valence-corrected chi connectivity index (χ3v) is 4.38. The monoisotopic (exact) mass is 385 g/mol. The molecule has 3 aromatic rings. The maximum Gasteiger partial charge on any atom is 0.231 e. The molecule has 0 atom stereocenters. The standard InChI is InChI=1S/C19H16BrNO3/c20-15-4-2-14(3-5-15)17-8-6-16(24-17)11-21-10-13-1-7-18-19(9-13)23-12-22-18/h1-9,21H,10-12H2. The molecule has 0 saturated heterocycles. The summed E-state index contributed by atoms with van der Waals surface area (Å²) in [4.78, 5) is 0. The van der Waals surface area contributed by atoms with Crippen molar-refractivity contribution < 1.29 is 13.9 Å². The largest absolute Gasteiger partial charge is 0.460 e. The Morgan fingerprint density at radius 2 is 1.71 bits per heavy atom. The average Bonchev–Trinajstić information content (AvgIpc) is 3.24. The van der Waals surface area contributed by atoms with Gasteiger partial charge >= 0.3 is 0 Å². The molecule has 0 amide bonds. The maximum absolute atomic E-state index is 5.90. The number of benzene rings is 2. The zero-order chi connectivity index (χ0) is 16.4. The van der Waals surface area contributed by atoms with E-state index in [-0.39, 0.29) is 0 Å². The van der Waals surface area contributed by atoms with Gasteiger partial charge in [0.1, 0.15) is 11.5 Å². The summed E-state index contributed by atoms with van der Waals surface area (Å²) in [6, 6.07) is 18.1. The highest BCUT2D eigenvalue weighted by Gasteiger charge is 2.13. The molecule has 0 bridgehead atoms. The number of hydrogen-bond acceptors (Lipinski definition) is 4. The first-order valence-electron chi connectivity index (χ1n) is 7.72. The molecule has 4 nitrogen and oxygen atoms in total. The van der Waals surface area contributed by atoms with Gasteiger partial charge in [0.15, 0.2) is 11.5 Å². The molecule has 24 heavy (non-hydrogen) atoms.